The molecule has 0 aromatic heterocycles. The number of benzene rings is 1. The van der Waals surface area contributed by atoms with Crippen molar-refractivity contribution in [1.29, 1.82) is 0 Å². The maximum absolute atomic E-state index is 12.9. The first kappa shape index (κ1) is 28.8. The van der Waals surface area contributed by atoms with Gasteiger partial charge in [0.05, 0.1) is 0 Å². The van der Waals surface area contributed by atoms with E-state index in [1.165, 1.54) is 11.8 Å². The minimum absolute atomic E-state index is 0.00147. The largest absolute Gasteiger partial charge is 0.392 e. The van der Waals surface area contributed by atoms with Crippen molar-refractivity contribution in [2.24, 2.45) is 11.7 Å². The molecule has 11 heteroatoms. The van der Waals surface area contributed by atoms with E-state index in [2.05, 4.69) is 32.8 Å². The van der Waals surface area contributed by atoms with E-state index in [1.54, 1.807) is 4.90 Å². The first-order valence-corrected chi connectivity index (χ1v) is 13.9. The van der Waals surface area contributed by atoms with Crippen molar-refractivity contribution >= 4 is 40.9 Å². The molecule has 0 bridgehead atoms. The molecule has 10 nitrogen and oxygen atoms in total. The molecule has 0 spiro atoms. The molecule has 1 aromatic rings. The topological polar surface area (TPSA) is 123 Å². The summed E-state index contributed by atoms with van der Waals surface area (Å²) < 4.78 is 0. The lowest BCUT2D eigenvalue weighted by atomic mass is 10.2. The standard InChI is InChI=1S/C26H41N7O3S/c1-5-33-25(36)21(37-26(33)23(27)24(35)29-16-18(2)3)17-28-19-6-8-20(9-7-19)30-22(34)10-11-32-14-12-31(4)13-15-32/h6-9,18,21,28H,5,10-17,27H2,1-4H3,(H,29,35)(H,30,34)/b26-23+/t21-/m1/s1. The van der Waals surface area contributed by atoms with Crippen molar-refractivity contribution < 1.29 is 14.4 Å². The summed E-state index contributed by atoms with van der Waals surface area (Å²) in [5.74, 6) is -0.113. The third-order valence-corrected chi connectivity index (χ3v) is 7.73. The number of rotatable bonds is 11. The zero-order valence-corrected chi connectivity index (χ0v) is 23.2. The molecule has 3 rings (SSSR count). The SMILES string of the molecule is CCN1C(=O)[C@@H](CNc2ccc(NC(=O)CCN3CCN(C)CC3)cc2)S/C1=C(/N)C(=O)NCC(C)C. The number of piperazine rings is 1. The summed E-state index contributed by atoms with van der Waals surface area (Å²) in [5, 5.41) is 9.18. The van der Waals surface area contributed by atoms with Crippen molar-refractivity contribution in [3.63, 3.8) is 0 Å². The maximum Gasteiger partial charge on any atom is 0.269 e. The van der Waals surface area contributed by atoms with Gasteiger partial charge in [0.2, 0.25) is 11.8 Å². The molecule has 2 aliphatic rings. The molecule has 2 heterocycles. The van der Waals surface area contributed by atoms with Crippen LogP contribution in [0.2, 0.25) is 0 Å². The highest BCUT2D eigenvalue weighted by molar-refractivity contribution is 8.04. The van der Waals surface area contributed by atoms with Crippen LogP contribution in [-0.4, -0.2) is 97.1 Å². The first-order valence-electron chi connectivity index (χ1n) is 13.0. The average Bonchev–Trinajstić information content (AvgIpc) is 3.21. The smallest absolute Gasteiger partial charge is 0.269 e. The minimum atomic E-state index is -0.389. The van der Waals surface area contributed by atoms with Crippen molar-refractivity contribution in [3.05, 3.63) is 35.0 Å². The molecule has 2 saturated heterocycles. The Kier molecular flexibility index (Phi) is 10.7. The number of carbonyl (C=O) groups excluding carboxylic acids is 3. The molecule has 3 amide bonds. The van der Waals surface area contributed by atoms with Crippen LogP contribution < -0.4 is 21.7 Å². The third kappa shape index (κ3) is 8.37. The number of likely N-dealkylation sites (N-methyl/N-ethyl adjacent to an activating group) is 1. The van der Waals surface area contributed by atoms with E-state index in [4.69, 9.17) is 5.73 Å². The van der Waals surface area contributed by atoms with Crippen LogP contribution in [-0.2, 0) is 14.4 Å². The zero-order chi connectivity index (χ0) is 26.9. The summed E-state index contributed by atoms with van der Waals surface area (Å²) in [7, 11) is 2.12. The average molecular weight is 532 g/mol. The summed E-state index contributed by atoms with van der Waals surface area (Å²) in [4.78, 5) is 43.9. The van der Waals surface area contributed by atoms with Gasteiger partial charge in [0.1, 0.15) is 16.0 Å². The van der Waals surface area contributed by atoms with Crippen LogP contribution in [0.5, 0.6) is 0 Å². The van der Waals surface area contributed by atoms with Crippen molar-refractivity contribution in [2.75, 3.05) is 70.0 Å². The number of carbonyl (C=O) groups is 3. The highest BCUT2D eigenvalue weighted by atomic mass is 32.2. The van der Waals surface area contributed by atoms with E-state index in [0.717, 1.165) is 44.1 Å². The van der Waals surface area contributed by atoms with Gasteiger partial charge in [-0.3, -0.25) is 14.4 Å². The molecule has 0 saturated carbocycles. The lowest BCUT2D eigenvalue weighted by Gasteiger charge is -2.32. The van der Waals surface area contributed by atoms with Gasteiger partial charge in [0.15, 0.2) is 0 Å². The highest BCUT2D eigenvalue weighted by Gasteiger charge is 2.38. The number of nitrogens with one attached hydrogen (secondary N) is 3. The number of nitrogens with two attached hydrogens (primary N) is 1. The van der Waals surface area contributed by atoms with Gasteiger partial charge in [-0.15, -0.1) is 0 Å². The monoisotopic (exact) mass is 531 g/mol. The number of hydrogen-bond acceptors (Lipinski definition) is 8. The molecule has 1 atom stereocenters. The van der Waals surface area contributed by atoms with Gasteiger partial charge in [0, 0.05) is 70.2 Å². The summed E-state index contributed by atoms with van der Waals surface area (Å²) in [6, 6.07) is 7.45. The quantitative estimate of drug-likeness (QED) is 0.317. The third-order valence-electron chi connectivity index (χ3n) is 6.41. The normalized spacial score (nSPS) is 20.3. The molecule has 204 valence electrons. The summed E-state index contributed by atoms with van der Waals surface area (Å²) in [5.41, 5.74) is 7.78. The van der Waals surface area contributed by atoms with Crippen LogP contribution >= 0.6 is 11.8 Å². The van der Waals surface area contributed by atoms with Crippen molar-refractivity contribution in [3.8, 4) is 0 Å². The molecule has 2 fully saturated rings. The van der Waals surface area contributed by atoms with Crippen LogP contribution in [0.3, 0.4) is 0 Å². The lowest BCUT2D eigenvalue weighted by Crippen LogP contribution is -2.45. The number of nitrogens with zero attached hydrogens (tertiary/aromatic N) is 3. The fourth-order valence-electron chi connectivity index (χ4n) is 4.09. The molecular formula is C26H41N7O3S. The Balaban J connectivity index is 1.48. The van der Waals surface area contributed by atoms with E-state index in [9.17, 15) is 14.4 Å². The highest BCUT2D eigenvalue weighted by Crippen LogP contribution is 2.36. The van der Waals surface area contributed by atoms with Gasteiger partial charge in [0.25, 0.3) is 5.91 Å². The molecule has 37 heavy (non-hydrogen) atoms. The summed E-state index contributed by atoms with van der Waals surface area (Å²) in [6.45, 7) is 12.1. The fourth-order valence-corrected chi connectivity index (χ4v) is 5.32. The molecule has 2 aliphatic heterocycles. The summed E-state index contributed by atoms with van der Waals surface area (Å²) in [6.07, 6.45) is 0.465. The van der Waals surface area contributed by atoms with Gasteiger partial charge in [-0.1, -0.05) is 25.6 Å². The Hall–Kier alpha value is -2.76. The predicted molar refractivity (Wildman–Crippen MR) is 150 cm³/mol. The Morgan fingerprint density at radius 1 is 1.11 bits per heavy atom. The van der Waals surface area contributed by atoms with Crippen LogP contribution in [0.4, 0.5) is 11.4 Å². The van der Waals surface area contributed by atoms with Gasteiger partial charge in [-0.05, 0) is 44.2 Å². The van der Waals surface area contributed by atoms with Gasteiger partial charge in [-0.25, -0.2) is 0 Å². The number of thioether (sulfide) groups is 1. The van der Waals surface area contributed by atoms with E-state index >= 15 is 0 Å². The fraction of sp³-hybridized carbons (Fsp3) is 0.577. The van der Waals surface area contributed by atoms with Crippen LogP contribution in [0.15, 0.2) is 35.0 Å². The first-order chi connectivity index (χ1) is 17.7. The number of hydrogen-bond donors (Lipinski definition) is 4. The number of amides is 3. The van der Waals surface area contributed by atoms with Crippen molar-refractivity contribution in [2.45, 2.75) is 32.4 Å². The van der Waals surface area contributed by atoms with E-state index in [0.29, 0.717) is 37.0 Å². The van der Waals surface area contributed by atoms with Gasteiger partial charge >= 0.3 is 0 Å². The van der Waals surface area contributed by atoms with E-state index < -0.39 is 0 Å². The Morgan fingerprint density at radius 3 is 2.38 bits per heavy atom. The number of anilines is 2. The van der Waals surface area contributed by atoms with Crippen LogP contribution in [0, 0.1) is 5.92 Å². The molecular weight excluding hydrogens is 490 g/mol. The molecule has 0 radical (unpaired) electrons. The zero-order valence-electron chi connectivity index (χ0n) is 22.4. The van der Waals surface area contributed by atoms with Gasteiger partial charge < -0.3 is 36.4 Å². The predicted octanol–water partition coefficient (Wildman–Crippen LogP) is 1.54. The molecule has 1 aromatic carbocycles. The maximum atomic E-state index is 12.9. The summed E-state index contributed by atoms with van der Waals surface area (Å²) >= 11 is 1.31. The van der Waals surface area contributed by atoms with E-state index in [1.807, 2.05) is 45.0 Å². The van der Waals surface area contributed by atoms with E-state index in [-0.39, 0.29) is 28.7 Å². The Labute approximate surface area is 224 Å². The Bertz CT molecular complexity index is 975. The second-order valence-corrected chi connectivity index (χ2v) is 11.1. The second kappa shape index (κ2) is 13.7. The lowest BCUT2D eigenvalue weighted by molar-refractivity contribution is -0.127. The van der Waals surface area contributed by atoms with Crippen molar-refractivity contribution in [1.82, 2.24) is 20.0 Å². The van der Waals surface area contributed by atoms with Crippen LogP contribution in [0.25, 0.3) is 0 Å². The molecule has 0 aliphatic carbocycles. The molecule has 5 N–H and O–H groups in total. The molecule has 0 unspecified atom stereocenters. The second-order valence-electron chi connectivity index (χ2n) is 9.91. The van der Waals surface area contributed by atoms with Crippen LogP contribution in [0.1, 0.15) is 27.2 Å². The Morgan fingerprint density at radius 2 is 1.76 bits per heavy atom. The minimum Gasteiger partial charge on any atom is -0.392 e. The van der Waals surface area contributed by atoms with Gasteiger partial charge in [-0.2, -0.15) is 0 Å².